The lowest BCUT2D eigenvalue weighted by atomic mass is 10.1. The zero-order valence-electron chi connectivity index (χ0n) is 20.4. The number of aryl methyl sites for hydroxylation is 1. The molecular formula is C30H24ClNO4S. The van der Waals surface area contributed by atoms with Gasteiger partial charge in [-0.3, -0.25) is 14.5 Å². The molecule has 2 amide bonds. The second-order valence-electron chi connectivity index (χ2n) is 8.76. The SMILES string of the molecule is COc1cc(/C=C2\SC(=O)N(Cc3ccc4ccccc4c3)C2=O)cc(Cl)c1OCc1cccc(C)c1. The van der Waals surface area contributed by atoms with Gasteiger partial charge < -0.3 is 9.47 Å². The number of hydrogen-bond donors (Lipinski definition) is 0. The van der Waals surface area contributed by atoms with Crippen LogP contribution in [0.4, 0.5) is 4.79 Å². The Morgan fingerprint density at radius 3 is 2.51 bits per heavy atom. The highest BCUT2D eigenvalue weighted by Crippen LogP contribution is 2.39. The molecule has 0 unspecified atom stereocenters. The van der Waals surface area contributed by atoms with E-state index in [1.807, 2.05) is 73.7 Å². The second kappa shape index (κ2) is 10.7. The Balaban J connectivity index is 1.34. The molecule has 186 valence electrons. The monoisotopic (exact) mass is 529 g/mol. The molecule has 1 heterocycles. The highest BCUT2D eigenvalue weighted by Gasteiger charge is 2.35. The highest BCUT2D eigenvalue weighted by atomic mass is 35.5. The van der Waals surface area contributed by atoms with E-state index in [0.29, 0.717) is 33.6 Å². The second-order valence-corrected chi connectivity index (χ2v) is 10.2. The molecule has 1 fully saturated rings. The van der Waals surface area contributed by atoms with Crippen molar-refractivity contribution >= 4 is 51.4 Å². The molecule has 1 aliphatic rings. The molecule has 37 heavy (non-hydrogen) atoms. The van der Waals surface area contributed by atoms with E-state index in [9.17, 15) is 9.59 Å². The van der Waals surface area contributed by atoms with Gasteiger partial charge >= 0.3 is 0 Å². The molecule has 7 heteroatoms. The number of imide groups is 1. The number of rotatable bonds is 7. The third-order valence-corrected chi connectivity index (χ3v) is 7.23. The minimum absolute atomic E-state index is 0.211. The van der Waals surface area contributed by atoms with Crippen LogP contribution < -0.4 is 9.47 Å². The Morgan fingerprint density at radius 2 is 1.73 bits per heavy atom. The van der Waals surface area contributed by atoms with Crippen LogP contribution >= 0.6 is 23.4 Å². The lowest BCUT2D eigenvalue weighted by Crippen LogP contribution is -2.27. The quantitative estimate of drug-likeness (QED) is 0.230. The fourth-order valence-electron chi connectivity index (χ4n) is 4.23. The fourth-order valence-corrected chi connectivity index (χ4v) is 5.34. The van der Waals surface area contributed by atoms with E-state index in [4.69, 9.17) is 21.1 Å². The van der Waals surface area contributed by atoms with Crippen LogP contribution in [0.15, 0.2) is 83.8 Å². The van der Waals surface area contributed by atoms with Crippen molar-refractivity contribution in [3.05, 3.63) is 111 Å². The number of ether oxygens (including phenoxy) is 2. The molecule has 0 aromatic heterocycles. The normalized spacial score (nSPS) is 14.6. The number of nitrogens with zero attached hydrogens (tertiary/aromatic N) is 1. The average Bonchev–Trinajstić information content (AvgIpc) is 3.15. The van der Waals surface area contributed by atoms with E-state index in [-0.39, 0.29) is 17.7 Å². The maximum Gasteiger partial charge on any atom is 0.293 e. The summed E-state index contributed by atoms with van der Waals surface area (Å²) in [6, 6.07) is 25.4. The molecule has 5 rings (SSSR count). The molecule has 1 saturated heterocycles. The first-order chi connectivity index (χ1) is 17.9. The summed E-state index contributed by atoms with van der Waals surface area (Å²) in [5, 5.41) is 2.22. The Morgan fingerprint density at radius 1 is 0.919 bits per heavy atom. The van der Waals surface area contributed by atoms with Crippen molar-refractivity contribution in [2.24, 2.45) is 0 Å². The van der Waals surface area contributed by atoms with E-state index in [1.165, 1.54) is 12.0 Å². The van der Waals surface area contributed by atoms with E-state index in [1.54, 1.807) is 18.2 Å². The van der Waals surface area contributed by atoms with Crippen molar-refractivity contribution in [1.29, 1.82) is 0 Å². The topological polar surface area (TPSA) is 55.8 Å². The number of halogens is 1. The smallest absolute Gasteiger partial charge is 0.293 e. The summed E-state index contributed by atoms with van der Waals surface area (Å²) in [6.07, 6.45) is 1.66. The third kappa shape index (κ3) is 5.50. The summed E-state index contributed by atoms with van der Waals surface area (Å²) in [5.41, 5.74) is 3.69. The molecule has 0 bridgehead atoms. The molecule has 0 saturated carbocycles. The first kappa shape index (κ1) is 24.9. The first-order valence-electron chi connectivity index (χ1n) is 11.7. The van der Waals surface area contributed by atoms with Crippen molar-refractivity contribution < 1.29 is 19.1 Å². The number of benzene rings is 4. The van der Waals surface area contributed by atoms with Gasteiger partial charge in [0.25, 0.3) is 11.1 Å². The molecule has 1 aliphatic heterocycles. The summed E-state index contributed by atoms with van der Waals surface area (Å²) in [7, 11) is 1.53. The van der Waals surface area contributed by atoms with Crippen LogP contribution in [0.3, 0.4) is 0 Å². The first-order valence-corrected chi connectivity index (χ1v) is 12.9. The fraction of sp³-hybridized carbons (Fsp3) is 0.133. The number of hydrogen-bond acceptors (Lipinski definition) is 5. The largest absolute Gasteiger partial charge is 0.493 e. The van der Waals surface area contributed by atoms with Crippen LogP contribution in [0.2, 0.25) is 5.02 Å². The van der Waals surface area contributed by atoms with Crippen LogP contribution in [-0.2, 0) is 17.9 Å². The molecule has 5 nitrogen and oxygen atoms in total. The number of thioether (sulfide) groups is 1. The van der Waals surface area contributed by atoms with Crippen LogP contribution in [0.5, 0.6) is 11.5 Å². The Labute approximate surface area is 224 Å². The van der Waals surface area contributed by atoms with E-state index in [2.05, 4.69) is 0 Å². The Hall–Kier alpha value is -3.74. The maximum atomic E-state index is 13.1. The minimum Gasteiger partial charge on any atom is -0.493 e. The Bertz CT molecular complexity index is 1550. The van der Waals surface area contributed by atoms with Crippen molar-refractivity contribution in [3.8, 4) is 11.5 Å². The van der Waals surface area contributed by atoms with Crippen molar-refractivity contribution in [1.82, 2.24) is 4.90 Å². The summed E-state index contributed by atoms with van der Waals surface area (Å²) < 4.78 is 11.5. The zero-order valence-corrected chi connectivity index (χ0v) is 21.9. The summed E-state index contributed by atoms with van der Waals surface area (Å²) in [5.74, 6) is 0.534. The highest BCUT2D eigenvalue weighted by molar-refractivity contribution is 8.18. The maximum absolute atomic E-state index is 13.1. The number of amides is 2. The number of fused-ring (bicyclic) bond motifs is 1. The van der Waals surface area contributed by atoms with Gasteiger partial charge in [0.05, 0.1) is 23.6 Å². The van der Waals surface area contributed by atoms with Gasteiger partial charge in [0.15, 0.2) is 11.5 Å². The van der Waals surface area contributed by atoms with Crippen molar-refractivity contribution in [3.63, 3.8) is 0 Å². The van der Waals surface area contributed by atoms with Gasteiger partial charge in [-0.15, -0.1) is 0 Å². The van der Waals surface area contributed by atoms with Crippen LogP contribution in [0.1, 0.15) is 22.3 Å². The zero-order chi connectivity index (χ0) is 25.9. The lowest BCUT2D eigenvalue weighted by molar-refractivity contribution is -0.123. The minimum atomic E-state index is -0.335. The van der Waals surface area contributed by atoms with Crippen LogP contribution in [-0.4, -0.2) is 23.2 Å². The van der Waals surface area contributed by atoms with Crippen molar-refractivity contribution in [2.75, 3.05) is 7.11 Å². The van der Waals surface area contributed by atoms with E-state index >= 15 is 0 Å². The molecule has 0 spiro atoms. The standard InChI is InChI=1S/C30H24ClNO4S/c1-19-6-5-7-21(12-19)18-36-28-25(31)14-22(15-26(28)35-2)16-27-29(33)32(30(34)37-27)17-20-10-11-23-8-3-4-9-24(23)13-20/h3-16H,17-18H2,1-2H3/b27-16-. The molecule has 4 aromatic rings. The van der Waals surface area contributed by atoms with E-state index in [0.717, 1.165) is 39.2 Å². The molecule has 0 N–H and O–H groups in total. The van der Waals surface area contributed by atoms with Gasteiger partial charge in [-0.05, 0) is 70.4 Å². The summed E-state index contributed by atoms with van der Waals surface area (Å²) in [6.45, 7) is 2.57. The van der Waals surface area contributed by atoms with Crippen molar-refractivity contribution in [2.45, 2.75) is 20.1 Å². The van der Waals surface area contributed by atoms with Gasteiger partial charge in [0.2, 0.25) is 0 Å². The lowest BCUT2D eigenvalue weighted by Gasteiger charge is -2.14. The molecule has 4 aromatic carbocycles. The van der Waals surface area contributed by atoms with Gasteiger partial charge in [-0.2, -0.15) is 0 Å². The number of methoxy groups -OCH3 is 1. The average molecular weight is 530 g/mol. The Kier molecular flexibility index (Phi) is 7.22. The third-order valence-electron chi connectivity index (χ3n) is 6.04. The molecule has 0 aliphatic carbocycles. The van der Waals surface area contributed by atoms with Gasteiger partial charge in [-0.25, -0.2) is 0 Å². The molecular weight excluding hydrogens is 506 g/mol. The molecule has 0 atom stereocenters. The van der Waals surface area contributed by atoms with Gasteiger partial charge in [0, 0.05) is 0 Å². The van der Waals surface area contributed by atoms with Gasteiger partial charge in [-0.1, -0.05) is 77.8 Å². The predicted octanol–water partition coefficient (Wildman–Crippen LogP) is 7.63. The predicted molar refractivity (Wildman–Crippen MR) is 149 cm³/mol. The number of carbonyl (C=O) groups is 2. The molecule has 0 radical (unpaired) electrons. The summed E-state index contributed by atoms with van der Waals surface area (Å²) >= 11 is 7.46. The van der Waals surface area contributed by atoms with Crippen LogP contribution in [0, 0.1) is 6.92 Å². The summed E-state index contributed by atoms with van der Waals surface area (Å²) in [4.78, 5) is 27.4. The van der Waals surface area contributed by atoms with Gasteiger partial charge in [0.1, 0.15) is 6.61 Å². The van der Waals surface area contributed by atoms with Crippen LogP contribution in [0.25, 0.3) is 16.8 Å². The van der Waals surface area contributed by atoms with E-state index < -0.39 is 0 Å². The number of carbonyl (C=O) groups excluding carboxylic acids is 2.